The molecule has 0 spiro atoms. The van der Waals surface area contributed by atoms with Gasteiger partial charge in [0, 0.05) is 10.6 Å². The van der Waals surface area contributed by atoms with Crippen molar-refractivity contribution in [3.8, 4) is 5.75 Å². The Kier molecular flexibility index (Phi) is 7.32. The van der Waals surface area contributed by atoms with Crippen molar-refractivity contribution in [2.45, 2.75) is 19.2 Å². The normalized spacial score (nSPS) is 15.2. The van der Waals surface area contributed by atoms with E-state index in [0.29, 0.717) is 5.56 Å². The van der Waals surface area contributed by atoms with Gasteiger partial charge in [0.05, 0.1) is 5.57 Å². The highest BCUT2D eigenvalue weighted by molar-refractivity contribution is 6.30. The molecule has 0 radical (unpaired) electrons. The smallest absolute Gasteiger partial charge is 0.475 e. The molecule has 0 aromatic heterocycles. The molecule has 164 valence electrons. The molecule has 30 heavy (non-hydrogen) atoms. The highest BCUT2D eigenvalue weighted by atomic mass is 35.5. The van der Waals surface area contributed by atoms with Gasteiger partial charge in [-0.2, -0.15) is 13.2 Å². The molecule has 1 aromatic rings. The highest BCUT2D eigenvalue weighted by Crippen LogP contribution is 2.40. The number of carbonyl (C=O) groups excluding carboxylic acids is 2. The van der Waals surface area contributed by atoms with Crippen LogP contribution >= 0.6 is 11.6 Å². The van der Waals surface area contributed by atoms with Gasteiger partial charge in [-0.05, 0) is 30.7 Å². The first-order chi connectivity index (χ1) is 14.0. The van der Waals surface area contributed by atoms with Gasteiger partial charge < -0.3 is 23.8 Å². The minimum atomic E-state index is -4.94. The molecular weight excluding hydrogens is 443 g/mol. The molecule has 1 aliphatic heterocycles. The fourth-order valence-electron chi connectivity index (χ4n) is 2.35. The van der Waals surface area contributed by atoms with Crippen LogP contribution in [0.25, 0.3) is 6.08 Å². The zero-order valence-electron chi connectivity index (χ0n) is 15.1. The number of ether oxygens (including phenoxy) is 4. The molecule has 2 rings (SSSR count). The molecule has 0 bridgehead atoms. The average molecular weight is 456 g/mol. The van der Waals surface area contributed by atoms with Crippen LogP contribution in [0, 0.1) is 17.0 Å². The van der Waals surface area contributed by atoms with Gasteiger partial charge in [0.2, 0.25) is 12.9 Å². The summed E-state index contributed by atoms with van der Waals surface area (Å²) in [6, 6.07) is 2.71. The van der Waals surface area contributed by atoms with Crippen molar-refractivity contribution in [3.05, 3.63) is 44.0 Å². The van der Waals surface area contributed by atoms with E-state index in [2.05, 4.69) is 19.0 Å². The highest BCUT2D eigenvalue weighted by Gasteiger charge is 2.49. The van der Waals surface area contributed by atoms with Gasteiger partial charge >= 0.3 is 18.3 Å². The molecular formula is C16H13ClF3NO9. The van der Waals surface area contributed by atoms with E-state index >= 15 is 0 Å². The number of aryl methyl sites for hydroxylation is 1. The zero-order valence-corrected chi connectivity index (χ0v) is 15.8. The van der Waals surface area contributed by atoms with Crippen molar-refractivity contribution in [2.24, 2.45) is 0 Å². The second-order valence-electron chi connectivity index (χ2n) is 5.63. The lowest BCUT2D eigenvalue weighted by Gasteiger charge is -2.28. The van der Waals surface area contributed by atoms with Crippen LogP contribution in [0.15, 0.2) is 17.7 Å². The van der Waals surface area contributed by atoms with Crippen LogP contribution < -0.4 is 4.74 Å². The molecule has 0 N–H and O–H groups in total. The molecule has 0 saturated heterocycles. The fraction of sp³-hybridized carbons (Fsp3) is 0.375. The van der Waals surface area contributed by atoms with Crippen molar-refractivity contribution in [1.29, 1.82) is 0 Å². The Morgan fingerprint density at radius 3 is 2.57 bits per heavy atom. The van der Waals surface area contributed by atoms with Crippen LogP contribution in [0.5, 0.6) is 5.75 Å². The molecule has 0 amide bonds. The maximum Gasteiger partial charge on any atom is 0.511 e. The third-order valence-corrected chi connectivity index (χ3v) is 3.72. The summed E-state index contributed by atoms with van der Waals surface area (Å²) in [5, 5.41) is 9.01. The summed E-state index contributed by atoms with van der Waals surface area (Å²) < 4.78 is 58.3. The van der Waals surface area contributed by atoms with Crippen LogP contribution in [0.2, 0.25) is 5.02 Å². The first-order valence-corrected chi connectivity index (χ1v) is 8.36. The molecule has 10 nitrogen and oxygen atoms in total. The lowest BCUT2D eigenvalue weighted by molar-refractivity contribution is -0.757. The summed E-state index contributed by atoms with van der Waals surface area (Å²) in [5.74, 6) is -1.54. The van der Waals surface area contributed by atoms with Crippen molar-refractivity contribution < 1.29 is 51.6 Å². The molecule has 1 heterocycles. The number of halogens is 4. The van der Waals surface area contributed by atoms with Crippen molar-refractivity contribution in [2.75, 3.05) is 20.0 Å². The summed E-state index contributed by atoms with van der Waals surface area (Å²) >= 11 is 5.88. The van der Waals surface area contributed by atoms with Gasteiger partial charge in [0.15, 0.2) is 0 Å². The number of nitrogens with zero attached hydrogens (tertiary/aromatic N) is 1. The van der Waals surface area contributed by atoms with Crippen LogP contribution in [-0.4, -0.2) is 49.5 Å². The number of carbonyl (C=O) groups is 2. The molecule has 0 aliphatic carbocycles. The monoisotopic (exact) mass is 455 g/mol. The molecule has 1 unspecified atom stereocenters. The fourth-order valence-corrected chi connectivity index (χ4v) is 2.63. The van der Waals surface area contributed by atoms with E-state index in [-0.39, 0.29) is 16.3 Å². The Morgan fingerprint density at radius 1 is 1.23 bits per heavy atom. The first kappa shape index (κ1) is 23.1. The number of hydrogen-bond acceptors (Lipinski definition) is 9. The summed E-state index contributed by atoms with van der Waals surface area (Å²) in [6.07, 6.45) is -8.01. The van der Waals surface area contributed by atoms with E-state index < -0.39 is 55.1 Å². The van der Waals surface area contributed by atoms with Crippen LogP contribution in [0.1, 0.15) is 11.1 Å². The summed E-state index contributed by atoms with van der Waals surface area (Å²) in [7, 11) is 0. The van der Waals surface area contributed by atoms with E-state index in [1.54, 1.807) is 0 Å². The van der Waals surface area contributed by atoms with Gasteiger partial charge in [-0.15, -0.1) is 10.1 Å². The van der Waals surface area contributed by atoms with E-state index in [4.69, 9.17) is 16.3 Å². The van der Waals surface area contributed by atoms with E-state index in [9.17, 15) is 32.9 Å². The summed E-state index contributed by atoms with van der Waals surface area (Å²) in [5.41, 5.74) is -0.408. The van der Waals surface area contributed by atoms with Crippen molar-refractivity contribution >= 4 is 29.8 Å². The molecule has 0 fully saturated rings. The molecule has 1 aromatic carbocycles. The van der Waals surface area contributed by atoms with Gasteiger partial charge in [-0.1, -0.05) is 11.6 Å². The van der Waals surface area contributed by atoms with E-state index in [0.717, 1.165) is 6.08 Å². The average Bonchev–Trinajstić information content (AvgIpc) is 2.63. The van der Waals surface area contributed by atoms with E-state index in [1.165, 1.54) is 19.1 Å². The van der Waals surface area contributed by atoms with Crippen LogP contribution in [-0.2, 0) is 23.8 Å². The van der Waals surface area contributed by atoms with Crippen molar-refractivity contribution in [3.63, 3.8) is 0 Å². The Bertz CT molecular complexity index is 872. The lowest BCUT2D eigenvalue weighted by Crippen LogP contribution is -2.41. The van der Waals surface area contributed by atoms with Gasteiger partial charge in [-0.25, -0.2) is 9.59 Å². The number of esters is 1. The largest absolute Gasteiger partial charge is 0.511 e. The number of alkyl halides is 3. The summed E-state index contributed by atoms with van der Waals surface area (Å²) in [6.45, 7) is -0.691. The number of fused-ring (bicyclic) bond motifs is 1. The Morgan fingerprint density at radius 2 is 1.93 bits per heavy atom. The zero-order chi connectivity index (χ0) is 22.5. The van der Waals surface area contributed by atoms with Gasteiger partial charge in [-0.3, -0.25) is 0 Å². The standard InChI is InChI=1S/C16H13ClF3NO9/c1-8-4-10(17)5-9-6-11(13(16(18,19)20)30-12(8)9)14(22)27-7-28-15(23)26-2-3-29-21(24)25/h4-6,13H,2-3,7H2,1H3. The van der Waals surface area contributed by atoms with Gasteiger partial charge in [0.1, 0.15) is 19.0 Å². The predicted octanol–water partition coefficient (Wildman–Crippen LogP) is 3.22. The number of hydrogen-bond donors (Lipinski definition) is 0. The molecule has 1 atom stereocenters. The second-order valence-corrected chi connectivity index (χ2v) is 6.07. The van der Waals surface area contributed by atoms with E-state index in [1.807, 2.05) is 0 Å². The Labute approximate surface area is 171 Å². The second kappa shape index (κ2) is 9.52. The van der Waals surface area contributed by atoms with Gasteiger partial charge in [0.25, 0.3) is 5.09 Å². The maximum atomic E-state index is 13.4. The topological polar surface area (TPSA) is 123 Å². The predicted molar refractivity (Wildman–Crippen MR) is 91.0 cm³/mol. The summed E-state index contributed by atoms with van der Waals surface area (Å²) in [4.78, 5) is 37.1. The Balaban J connectivity index is 2.02. The molecule has 1 aliphatic rings. The first-order valence-electron chi connectivity index (χ1n) is 7.98. The number of rotatable bonds is 7. The molecule has 14 heteroatoms. The molecule has 0 saturated carbocycles. The third-order valence-electron chi connectivity index (χ3n) is 3.50. The minimum Gasteiger partial charge on any atom is -0.475 e. The SMILES string of the molecule is Cc1cc(Cl)cc2c1OC(C(F)(F)F)C(C(=O)OCOC(=O)OCCO[N+](=O)[O-])=C2. The minimum absolute atomic E-state index is 0.0879. The third kappa shape index (κ3) is 6.14. The van der Waals surface area contributed by atoms with Crippen molar-refractivity contribution in [1.82, 2.24) is 0 Å². The maximum absolute atomic E-state index is 13.4. The lowest BCUT2D eigenvalue weighted by atomic mass is 9.99. The quantitative estimate of drug-likeness (QED) is 0.200. The Hall–Kier alpha value is -3.22. The van der Waals surface area contributed by atoms with Crippen LogP contribution in [0.3, 0.4) is 0 Å². The van der Waals surface area contributed by atoms with Crippen LogP contribution in [0.4, 0.5) is 18.0 Å². The number of benzene rings is 1.